The van der Waals surface area contributed by atoms with Gasteiger partial charge in [-0.05, 0) is 0 Å². The van der Waals surface area contributed by atoms with E-state index in [0.717, 1.165) is 6.42 Å². The second kappa shape index (κ2) is 7.77. The van der Waals surface area contributed by atoms with Crippen molar-refractivity contribution in [2.24, 2.45) is 5.41 Å². The van der Waals surface area contributed by atoms with E-state index in [0.29, 0.717) is 0 Å². The molecule has 0 saturated carbocycles. The van der Waals surface area contributed by atoms with Gasteiger partial charge in [0.15, 0.2) is 0 Å². The Morgan fingerprint density at radius 3 is 2.15 bits per heavy atom. The van der Waals surface area contributed by atoms with Crippen molar-refractivity contribution in [3.63, 3.8) is 0 Å². The fraction of sp³-hybridized carbons (Fsp3) is 0.500. The van der Waals surface area contributed by atoms with Crippen LogP contribution in [0.1, 0.15) is 34.1 Å². The van der Waals surface area contributed by atoms with Crippen molar-refractivity contribution >= 4 is 5.43 Å². The Morgan fingerprint density at radius 2 is 1.70 bits per heavy atom. The fourth-order valence-corrected chi connectivity index (χ4v) is 12.3. The van der Waals surface area contributed by atoms with Crippen LogP contribution in [0.4, 0.5) is 0 Å². The number of halogens is 2. The first kappa shape index (κ1) is 20.6. The molecule has 0 aromatic heterocycles. The SMILES string of the molecule is CC1=C(C)C(C)(C2=CC=CC2)[C]([Zr+2]=[Si](C)C)=C1C.[Cl-].[Cl-]. The number of allylic oxidation sites excluding steroid dienone is 8. The summed E-state index contributed by atoms with van der Waals surface area (Å²) < 4.78 is 1.87. The van der Waals surface area contributed by atoms with E-state index in [1.165, 1.54) is 0 Å². The minimum atomic E-state index is -0.363. The molecule has 0 aromatic rings. The molecule has 2 rings (SSSR count). The Labute approximate surface area is 147 Å². The van der Waals surface area contributed by atoms with Gasteiger partial charge in [-0.1, -0.05) is 0 Å². The molecule has 0 heterocycles. The van der Waals surface area contributed by atoms with E-state index < -0.39 is 0 Å². The van der Waals surface area contributed by atoms with Gasteiger partial charge in [0.25, 0.3) is 0 Å². The van der Waals surface area contributed by atoms with E-state index in [4.69, 9.17) is 0 Å². The van der Waals surface area contributed by atoms with Crippen LogP contribution in [0.5, 0.6) is 0 Å². The molecule has 20 heavy (non-hydrogen) atoms. The van der Waals surface area contributed by atoms with Gasteiger partial charge in [0.05, 0.1) is 0 Å². The molecule has 2 aliphatic carbocycles. The van der Waals surface area contributed by atoms with Crippen LogP contribution in [0, 0.1) is 5.41 Å². The molecule has 0 spiro atoms. The maximum Gasteiger partial charge on any atom is -1.00 e. The summed E-state index contributed by atoms with van der Waals surface area (Å²) in [5.74, 6) is 0. The van der Waals surface area contributed by atoms with Gasteiger partial charge in [-0.25, -0.2) is 0 Å². The first-order chi connectivity index (χ1) is 8.39. The van der Waals surface area contributed by atoms with Gasteiger partial charge in [0.1, 0.15) is 0 Å². The van der Waals surface area contributed by atoms with E-state index in [-0.39, 0.29) is 57.5 Å². The van der Waals surface area contributed by atoms with E-state index in [2.05, 4.69) is 59.0 Å². The average Bonchev–Trinajstić information content (AvgIpc) is 2.90. The molecule has 0 amide bonds. The zero-order chi connectivity index (χ0) is 13.5. The van der Waals surface area contributed by atoms with Crippen molar-refractivity contribution in [1.29, 1.82) is 0 Å². The molecule has 0 fully saturated rings. The van der Waals surface area contributed by atoms with Crippen molar-refractivity contribution in [2.45, 2.75) is 47.2 Å². The third kappa shape index (κ3) is 3.35. The molecule has 109 valence electrons. The van der Waals surface area contributed by atoms with Crippen molar-refractivity contribution in [3.8, 4) is 0 Å². The van der Waals surface area contributed by atoms with Crippen molar-refractivity contribution < 1.29 is 46.7 Å². The summed E-state index contributed by atoms with van der Waals surface area (Å²) in [6, 6.07) is 0. The van der Waals surface area contributed by atoms with Crippen LogP contribution in [0.25, 0.3) is 0 Å². The third-order valence-electron chi connectivity index (χ3n) is 4.54. The van der Waals surface area contributed by atoms with Gasteiger partial charge in [-0.15, -0.1) is 0 Å². The van der Waals surface area contributed by atoms with Crippen LogP contribution < -0.4 is 24.8 Å². The standard InChI is InChI=1S/C14H17.C2H6Si.2ClH.Zr/c1-10-9-14(4,12(3)11(10)2)13-7-5-6-8-13;1-3-2;;;/h5-7H,8H2,1-4H3;1-2H3;2*1H;/q;;;;+2/p-2. The second-order valence-corrected chi connectivity index (χ2v) is 18.5. The molecule has 2 aliphatic rings. The molecule has 0 aromatic carbocycles. The molecule has 0 radical (unpaired) electrons. The maximum atomic E-state index is 2.50. The molecule has 0 nitrogen and oxygen atoms in total. The summed E-state index contributed by atoms with van der Waals surface area (Å²) in [4.78, 5) is 0. The fourth-order valence-electron chi connectivity index (χ4n) is 3.09. The first-order valence-electron chi connectivity index (χ1n) is 6.72. The molecule has 1 unspecified atom stereocenters. The van der Waals surface area contributed by atoms with Crippen LogP contribution >= 0.6 is 0 Å². The van der Waals surface area contributed by atoms with Crippen molar-refractivity contribution in [3.05, 3.63) is 43.8 Å². The summed E-state index contributed by atoms with van der Waals surface area (Å²) >= 11 is -0.363. The van der Waals surface area contributed by atoms with Gasteiger partial charge >= 0.3 is 124 Å². The molecule has 1 atom stereocenters. The Balaban J connectivity index is 0.00000180. The summed E-state index contributed by atoms with van der Waals surface area (Å²) in [6.45, 7) is 14.6. The van der Waals surface area contributed by atoms with E-state index >= 15 is 0 Å². The normalized spacial score (nSPS) is 24.2. The molecular formula is C16H23Cl2SiZr. The Bertz CT molecular complexity index is 549. The smallest absolute Gasteiger partial charge is 1.00 e. The van der Waals surface area contributed by atoms with Crippen molar-refractivity contribution in [2.75, 3.05) is 0 Å². The summed E-state index contributed by atoms with van der Waals surface area (Å²) in [7, 11) is 0. The molecule has 4 heteroatoms. The van der Waals surface area contributed by atoms with E-state index in [9.17, 15) is 0 Å². The molecule has 0 saturated heterocycles. The predicted molar refractivity (Wildman–Crippen MR) is 78.5 cm³/mol. The monoisotopic (exact) mass is 403 g/mol. The quantitative estimate of drug-likeness (QED) is 0.509. The topological polar surface area (TPSA) is 0 Å². The van der Waals surface area contributed by atoms with Gasteiger partial charge in [-0.3, -0.25) is 0 Å². The molecule has 0 bridgehead atoms. The van der Waals surface area contributed by atoms with Crippen LogP contribution in [0.2, 0.25) is 13.1 Å². The Hall–Kier alpha value is 0.640. The number of hydrogen-bond donors (Lipinski definition) is 0. The van der Waals surface area contributed by atoms with E-state index in [1.54, 1.807) is 22.3 Å². The van der Waals surface area contributed by atoms with Gasteiger partial charge in [0, 0.05) is 0 Å². The van der Waals surface area contributed by atoms with Crippen LogP contribution in [0.15, 0.2) is 43.8 Å². The summed E-state index contributed by atoms with van der Waals surface area (Å²) in [5.41, 5.74) is 6.69. The third-order valence-corrected chi connectivity index (χ3v) is 13.0. The van der Waals surface area contributed by atoms with Gasteiger partial charge < -0.3 is 24.8 Å². The zero-order valence-electron chi connectivity index (χ0n) is 13.2. The van der Waals surface area contributed by atoms with Crippen LogP contribution in [-0.2, 0) is 21.9 Å². The number of rotatable bonds is 2. The second-order valence-electron chi connectivity index (χ2n) is 5.82. The average molecular weight is 406 g/mol. The largest absolute Gasteiger partial charge is 1.00 e. The molecular weight excluding hydrogens is 382 g/mol. The summed E-state index contributed by atoms with van der Waals surface area (Å²) in [5, 5.41) is 0. The molecule has 0 aliphatic heterocycles. The Kier molecular flexibility index (Phi) is 8.02. The molecule has 0 N–H and O–H groups in total. The van der Waals surface area contributed by atoms with Gasteiger partial charge in [-0.2, -0.15) is 0 Å². The Morgan fingerprint density at radius 1 is 1.10 bits per heavy atom. The first-order valence-corrected chi connectivity index (χ1v) is 14.1. The zero-order valence-corrected chi connectivity index (χ0v) is 18.2. The van der Waals surface area contributed by atoms with Gasteiger partial charge in [0.2, 0.25) is 0 Å². The van der Waals surface area contributed by atoms with Crippen LogP contribution in [-0.4, -0.2) is 5.43 Å². The minimum Gasteiger partial charge on any atom is -1.00 e. The minimum absolute atomic E-state index is 0. The van der Waals surface area contributed by atoms with Crippen LogP contribution in [0.3, 0.4) is 0 Å². The van der Waals surface area contributed by atoms with E-state index in [1.807, 2.05) is 3.28 Å². The predicted octanol–water partition coefficient (Wildman–Crippen LogP) is -1.16. The van der Waals surface area contributed by atoms with Crippen molar-refractivity contribution in [1.82, 2.24) is 0 Å². The number of hydrogen-bond acceptors (Lipinski definition) is 0. The summed E-state index contributed by atoms with van der Waals surface area (Å²) in [6.07, 6.45) is 8.08. The maximum absolute atomic E-state index is 2.50.